The maximum Gasteiger partial charge on any atom is 0.356 e. The molecule has 204 valence electrons. The van der Waals surface area contributed by atoms with Crippen molar-refractivity contribution in [1.82, 2.24) is 19.5 Å². The lowest BCUT2D eigenvalue weighted by Crippen LogP contribution is -2.27. The third kappa shape index (κ3) is 7.19. The summed E-state index contributed by atoms with van der Waals surface area (Å²) in [4.78, 5) is 37.0. The minimum absolute atomic E-state index is 0.107. The van der Waals surface area contributed by atoms with E-state index in [4.69, 9.17) is 18.5 Å². The molecule has 12 nitrogen and oxygen atoms in total. The zero-order valence-corrected chi connectivity index (χ0v) is 22.1. The summed E-state index contributed by atoms with van der Waals surface area (Å²) in [5.74, 6) is -1.48. The molecular formula is C24H29FN5O7P. The number of hydrogen-bond acceptors (Lipinski definition) is 10. The molecule has 14 heteroatoms. The van der Waals surface area contributed by atoms with Crippen molar-refractivity contribution in [3.63, 3.8) is 0 Å². The van der Waals surface area contributed by atoms with Crippen LogP contribution >= 0.6 is 7.60 Å². The number of hydrogen-bond donors (Lipinski definition) is 1. The van der Waals surface area contributed by atoms with Crippen LogP contribution in [0.2, 0.25) is 0 Å². The van der Waals surface area contributed by atoms with E-state index in [1.165, 1.54) is 30.9 Å². The number of rotatable bonds is 10. The van der Waals surface area contributed by atoms with Gasteiger partial charge < -0.3 is 28.4 Å². The fraction of sp³-hybridized carbons (Fsp3) is 0.458. The quantitative estimate of drug-likeness (QED) is 0.293. The number of fused-ring (bicyclic) bond motifs is 1. The summed E-state index contributed by atoms with van der Waals surface area (Å²) in [5.41, 5.74) is 0.929. The number of amides is 1. The van der Waals surface area contributed by atoms with Crippen molar-refractivity contribution in [2.24, 2.45) is 5.92 Å². The first-order valence-electron chi connectivity index (χ1n) is 12.0. The summed E-state index contributed by atoms with van der Waals surface area (Å²) in [7, 11) is -3.47. The molecule has 1 amide bonds. The summed E-state index contributed by atoms with van der Waals surface area (Å²) in [6, 6.07) is 5.30. The van der Waals surface area contributed by atoms with Crippen LogP contribution < -0.4 is 5.32 Å². The van der Waals surface area contributed by atoms with Gasteiger partial charge in [0.15, 0.2) is 17.0 Å². The average molecular weight is 549 g/mol. The van der Waals surface area contributed by atoms with E-state index in [0.717, 1.165) is 6.07 Å². The lowest BCUT2D eigenvalue weighted by Gasteiger charge is -2.29. The van der Waals surface area contributed by atoms with Crippen LogP contribution in [0, 0.1) is 11.7 Å². The zero-order chi connectivity index (χ0) is 27.3. The number of nitrogens with one attached hydrogen (secondary N) is 1. The molecule has 2 aromatic heterocycles. The van der Waals surface area contributed by atoms with Gasteiger partial charge in [-0.2, -0.15) is 0 Å². The van der Waals surface area contributed by atoms with Gasteiger partial charge in [0.05, 0.1) is 44.7 Å². The Bertz CT molecular complexity index is 1340. The van der Waals surface area contributed by atoms with Gasteiger partial charge in [-0.05, 0) is 39.0 Å². The predicted molar refractivity (Wildman–Crippen MR) is 134 cm³/mol. The molecule has 1 aromatic carbocycles. The minimum Gasteiger partial charge on any atom is -0.463 e. The smallest absolute Gasteiger partial charge is 0.356 e. The SMILES string of the molecule is CC(C)OC(=O)CC1COP(=O)(CO[C@H](C)Cn2cnc3c(NC(=O)c4cccc(F)c4)ncnc32)OC1. The van der Waals surface area contributed by atoms with E-state index in [0.29, 0.717) is 17.7 Å². The normalized spacial score (nSPS) is 20.4. The van der Waals surface area contributed by atoms with Gasteiger partial charge >= 0.3 is 13.6 Å². The van der Waals surface area contributed by atoms with Crippen LogP contribution in [0.1, 0.15) is 37.6 Å². The summed E-state index contributed by atoms with van der Waals surface area (Å²) >= 11 is 0. The maximum absolute atomic E-state index is 13.5. The molecule has 3 heterocycles. The van der Waals surface area contributed by atoms with Crippen molar-refractivity contribution in [2.45, 2.75) is 45.9 Å². The van der Waals surface area contributed by atoms with Crippen LogP contribution in [0.5, 0.6) is 0 Å². The number of benzene rings is 1. The number of nitrogens with zero attached hydrogens (tertiary/aromatic N) is 4. The highest BCUT2D eigenvalue weighted by Gasteiger charge is 2.34. The molecule has 38 heavy (non-hydrogen) atoms. The fourth-order valence-corrected chi connectivity index (χ4v) is 5.26. The Hall–Kier alpha value is -3.25. The first kappa shape index (κ1) is 27.8. The van der Waals surface area contributed by atoms with Crippen molar-refractivity contribution < 1.29 is 37.1 Å². The van der Waals surface area contributed by atoms with Crippen molar-refractivity contribution >= 4 is 36.5 Å². The summed E-state index contributed by atoms with van der Waals surface area (Å²) in [5, 5.41) is 2.63. The fourth-order valence-electron chi connectivity index (χ4n) is 3.73. The Balaban J connectivity index is 1.31. The van der Waals surface area contributed by atoms with Gasteiger partial charge in [0.25, 0.3) is 5.91 Å². The van der Waals surface area contributed by atoms with Crippen LogP contribution in [0.4, 0.5) is 10.2 Å². The molecule has 0 aliphatic carbocycles. The molecule has 0 spiro atoms. The number of halogens is 1. The second kappa shape index (κ2) is 12.1. The second-order valence-electron chi connectivity index (χ2n) is 9.17. The van der Waals surface area contributed by atoms with Crippen LogP contribution in [0.3, 0.4) is 0 Å². The van der Waals surface area contributed by atoms with E-state index in [1.54, 1.807) is 25.3 Å². The Morgan fingerprint density at radius 1 is 1.21 bits per heavy atom. The number of aromatic nitrogens is 4. The van der Waals surface area contributed by atoms with E-state index in [1.807, 2.05) is 0 Å². The van der Waals surface area contributed by atoms with E-state index in [-0.39, 0.29) is 55.4 Å². The Labute approximate surface area is 218 Å². The molecule has 1 aliphatic heterocycles. The van der Waals surface area contributed by atoms with Gasteiger partial charge in [-0.15, -0.1) is 0 Å². The van der Waals surface area contributed by atoms with Gasteiger partial charge in [0.2, 0.25) is 0 Å². The number of ether oxygens (including phenoxy) is 2. The molecule has 0 unspecified atom stereocenters. The highest BCUT2D eigenvalue weighted by molar-refractivity contribution is 7.53. The Morgan fingerprint density at radius 2 is 1.97 bits per heavy atom. The standard InChI is InChI=1S/C24H29FN5O7P/c1-15(2)37-20(31)7-17-10-35-38(33,36-11-17)14-34-16(3)9-30-13-28-21-22(26-12-27-23(21)30)29-24(32)18-5-4-6-19(25)8-18/h4-6,8,12-13,15-17H,7,9-11,14H2,1-3H3,(H,26,27,29,32)/t16-,17?,38?/m1/s1. The van der Waals surface area contributed by atoms with Gasteiger partial charge in [-0.25, -0.2) is 19.3 Å². The maximum atomic E-state index is 13.5. The Morgan fingerprint density at radius 3 is 2.68 bits per heavy atom. The average Bonchev–Trinajstić information content (AvgIpc) is 3.27. The molecule has 1 saturated heterocycles. The number of esters is 1. The largest absolute Gasteiger partial charge is 0.463 e. The van der Waals surface area contributed by atoms with Crippen molar-refractivity contribution in [3.8, 4) is 0 Å². The van der Waals surface area contributed by atoms with E-state index < -0.39 is 25.4 Å². The minimum atomic E-state index is -3.47. The molecular weight excluding hydrogens is 520 g/mol. The molecule has 0 radical (unpaired) electrons. The van der Waals surface area contributed by atoms with Gasteiger partial charge in [0, 0.05) is 11.5 Å². The summed E-state index contributed by atoms with van der Waals surface area (Å²) in [6.07, 6.45) is 2.03. The first-order chi connectivity index (χ1) is 18.1. The number of imidazole rings is 1. The zero-order valence-electron chi connectivity index (χ0n) is 21.2. The highest BCUT2D eigenvalue weighted by atomic mass is 31.2. The van der Waals surface area contributed by atoms with Gasteiger partial charge in [-0.1, -0.05) is 6.07 Å². The molecule has 0 saturated carbocycles. The molecule has 1 N–H and O–H groups in total. The van der Waals surface area contributed by atoms with Crippen LogP contribution in [0.25, 0.3) is 11.2 Å². The summed E-state index contributed by atoms with van der Waals surface area (Å²) in [6.45, 7) is 5.83. The van der Waals surface area contributed by atoms with E-state index in [2.05, 4.69) is 20.3 Å². The molecule has 1 aliphatic rings. The van der Waals surface area contributed by atoms with Crippen LogP contribution in [-0.4, -0.2) is 63.2 Å². The molecule has 0 bridgehead atoms. The lowest BCUT2D eigenvalue weighted by atomic mass is 10.1. The lowest BCUT2D eigenvalue weighted by molar-refractivity contribution is -0.149. The van der Waals surface area contributed by atoms with Gasteiger partial charge in [0.1, 0.15) is 18.5 Å². The molecule has 3 aromatic rings. The van der Waals surface area contributed by atoms with Crippen LogP contribution in [0.15, 0.2) is 36.9 Å². The number of carbonyl (C=O) groups is 2. The molecule has 4 rings (SSSR count). The van der Waals surface area contributed by atoms with Gasteiger partial charge in [-0.3, -0.25) is 14.2 Å². The van der Waals surface area contributed by atoms with Crippen molar-refractivity contribution in [2.75, 3.05) is 24.9 Å². The van der Waals surface area contributed by atoms with Crippen molar-refractivity contribution in [3.05, 3.63) is 48.3 Å². The summed E-state index contributed by atoms with van der Waals surface area (Å²) < 4.78 is 49.8. The number of carbonyl (C=O) groups excluding carboxylic acids is 2. The Kier molecular flexibility index (Phi) is 8.83. The predicted octanol–water partition coefficient (Wildman–Crippen LogP) is 3.78. The van der Waals surface area contributed by atoms with Crippen molar-refractivity contribution in [1.29, 1.82) is 0 Å². The second-order valence-corrected chi connectivity index (χ2v) is 11.2. The molecule has 1 atom stereocenters. The monoisotopic (exact) mass is 549 g/mol. The van der Waals surface area contributed by atoms with E-state index >= 15 is 0 Å². The van der Waals surface area contributed by atoms with E-state index in [9.17, 15) is 18.5 Å². The third-order valence-corrected chi connectivity index (χ3v) is 7.08. The molecule has 1 fully saturated rings. The highest BCUT2D eigenvalue weighted by Crippen LogP contribution is 2.52. The third-order valence-electron chi connectivity index (χ3n) is 5.53. The first-order valence-corrected chi connectivity index (χ1v) is 13.8. The number of anilines is 1. The van der Waals surface area contributed by atoms with Crippen LogP contribution in [-0.2, 0) is 34.4 Å². The topological polar surface area (TPSA) is 144 Å².